The van der Waals surface area contributed by atoms with Gasteiger partial charge in [-0.05, 0) is 43.5 Å². The molecule has 1 aliphatic heterocycles. The summed E-state index contributed by atoms with van der Waals surface area (Å²) >= 11 is 12.0. The summed E-state index contributed by atoms with van der Waals surface area (Å²) in [7, 11) is 0. The smallest absolute Gasteiger partial charge is 0.271 e. The van der Waals surface area contributed by atoms with Crippen molar-refractivity contribution in [1.29, 1.82) is 5.26 Å². The van der Waals surface area contributed by atoms with Crippen LogP contribution >= 0.6 is 23.2 Å². The highest BCUT2D eigenvalue weighted by Gasteiger charge is 2.23. The second kappa shape index (κ2) is 8.13. The molecule has 1 saturated heterocycles. The van der Waals surface area contributed by atoms with Gasteiger partial charge in [0.2, 0.25) is 5.88 Å². The highest BCUT2D eigenvalue weighted by Crippen LogP contribution is 2.29. The van der Waals surface area contributed by atoms with Crippen LogP contribution in [0, 0.1) is 18.3 Å². The van der Waals surface area contributed by atoms with Crippen molar-refractivity contribution in [2.24, 2.45) is 4.99 Å². The molecule has 1 fully saturated rings. The molecule has 2 heterocycles. The van der Waals surface area contributed by atoms with Gasteiger partial charge in [0.25, 0.3) is 5.56 Å². The SMILES string of the molecule is Cc1c(C=Nc2ccc(Cl)cc2Cl)c(O)n(CC2CCCO2)c(=O)c1C#N. The zero-order valence-electron chi connectivity index (χ0n) is 14.6. The number of benzene rings is 1. The van der Waals surface area contributed by atoms with E-state index in [-0.39, 0.29) is 29.7 Å². The standard InChI is InChI=1S/C19H17Cl2N3O3/c1-11-14(8-22)18(25)24(10-13-3-2-6-27-13)19(26)15(11)9-23-17-5-4-12(20)7-16(17)21/h4-5,7,9,13,26H,2-3,6,10H2,1H3. The van der Waals surface area contributed by atoms with E-state index < -0.39 is 5.56 Å². The number of aliphatic imine (C=N–C) groups is 1. The van der Waals surface area contributed by atoms with Crippen molar-refractivity contribution in [3.8, 4) is 11.9 Å². The topological polar surface area (TPSA) is 87.6 Å². The molecular formula is C19H17Cl2N3O3. The summed E-state index contributed by atoms with van der Waals surface area (Å²) in [4.78, 5) is 16.9. The molecule has 1 unspecified atom stereocenters. The highest BCUT2D eigenvalue weighted by atomic mass is 35.5. The Morgan fingerprint density at radius 2 is 2.26 bits per heavy atom. The van der Waals surface area contributed by atoms with Crippen LogP contribution in [-0.2, 0) is 11.3 Å². The van der Waals surface area contributed by atoms with E-state index in [1.807, 2.05) is 6.07 Å². The van der Waals surface area contributed by atoms with Crippen LogP contribution in [-0.4, -0.2) is 28.6 Å². The summed E-state index contributed by atoms with van der Waals surface area (Å²) in [5.74, 6) is -0.249. The highest BCUT2D eigenvalue weighted by molar-refractivity contribution is 6.36. The van der Waals surface area contributed by atoms with Crippen LogP contribution in [0.1, 0.15) is 29.5 Å². The van der Waals surface area contributed by atoms with E-state index in [0.29, 0.717) is 27.9 Å². The summed E-state index contributed by atoms with van der Waals surface area (Å²) in [6, 6.07) is 6.76. The van der Waals surface area contributed by atoms with Crippen LogP contribution in [0.15, 0.2) is 28.0 Å². The Kier molecular flexibility index (Phi) is 5.85. The van der Waals surface area contributed by atoms with Gasteiger partial charge < -0.3 is 9.84 Å². The molecule has 0 saturated carbocycles. The molecule has 6 nitrogen and oxygen atoms in total. The number of hydrogen-bond donors (Lipinski definition) is 1. The molecule has 0 amide bonds. The van der Waals surface area contributed by atoms with E-state index in [4.69, 9.17) is 27.9 Å². The van der Waals surface area contributed by atoms with Crippen LogP contribution in [0.5, 0.6) is 5.88 Å². The number of aromatic nitrogens is 1. The Morgan fingerprint density at radius 1 is 1.48 bits per heavy atom. The Bertz CT molecular complexity index is 1000. The normalized spacial score (nSPS) is 16.7. The quantitative estimate of drug-likeness (QED) is 0.779. The van der Waals surface area contributed by atoms with Crippen molar-refractivity contribution < 1.29 is 9.84 Å². The number of hydrogen-bond acceptors (Lipinski definition) is 5. The van der Waals surface area contributed by atoms with E-state index in [0.717, 1.165) is 12.8 Å². The maximum absolute atomic E-state index is 12.6. The van der Waals surface area contributed by atoms with Gasteiger partial charge in [0, 0.05) is 17.8 Å². The zero-order valence-corrected chi connectivity index (χ0v) is 16.1. The molecule has 0 aliphatic carbocycles. The molecule has 0 spiro atoms. The van der Waals surface area contributed by atoms with Crippen molar-refractivity contribution in [2.45, 2.75) is 32.4 Å². The largest absolute Gasteiger partial charge is 0.494 e. The number of pyridine rings is 1. The van der Waals surface area contributed by atoms with Crippen molar-refractivity contribution >= 4 is 35.1 Å². The van der Waals surface area contributed by atoms with Crippen LogP contribution in [0.4, 0.5) is 5.69 Å². The minimum Gasteiger partial charge on any atom is -0.494 e. The molecule has 8 heteroatoms. The third-order valence-corrected chi connectivity index (χ3v) is 5.04. The van der Waals surface area contributed by atoms with E-state index in [2.05, 4.69) is 4.99 Å². The molecule has 1 aromatic carbocycles. The van der Waals surface area contributed by atoms with Gasteiger partial charge >= 0.3 is 0 Å². The van der Waals surface area contributed by atoms with E-state index in [1.54, 1.807) is 25.1 Å². The van der Waals surface area contributed by atoms with Crippen LogP contribution in [0.25, 0.3) is 0 Å². The molecular weight excluding hydrogens is 389 g/mol. The first kappa shape index (κ1) is 19.4. The summed E-state index contributed by atoms with van der Waals surface area (Å²) in [5, 5.41) is 20.9. The first-order valence-electron chi connectivity index (χ1n) is 8.39. The number of nitriles is 1. The molecule has 27 heavy (non-hydrogen) atoms. The number of nitrogens with zero attached hydrogens (tertiary/aromatic N) is 3. The Morgan fingerprint density at radius 3 is 2.89 bits per heavy atom. The molecule has 140 valence electrons. The van der Waals surface area contributed by atoms with E-state index >= 15 is 0 Å². The molecule has 1 aliphatic rings. The lowest BCUT2D eigenvalue weighted by Gasteiger charge is -2.17. The Hall–Kier alpha value is -2.33. The number of halogens is 2. The van der Waals surface area contributed by atoms with Gasteiger partial charge in [-0.25, -0.2) is 0 Å². The fraction of sp³-hybridized carbons (Fsp3) is 0.316. The average molecular weight is 406 g/mol. The van der Waals surface area contributed by atoms with Crippen LogP contribution < -0.4 is 5.56 Å². The predicted molar refractivity (Wildman–Crippen MR) is 105 cm³/mol. The van der Waals surface area contributed by atoms with Crippen molar-refractivity contribution in [3.05, 3.63) is 55.3 Å². The van der Waals surface area contributed by atoms with Gasteiger partial charge in [-0.15, -0.1) is 0 Å². The fourth-order valence-electron chi connectivity index (χ4n) is 3.01. The zero-order chi connectivity index (χ0) is 19.6. The maximum Gasteiger partial charge on any atom is 0.271 e. The average Bonchev–Trinajstić information content (AvgIpc) is 3.14. The number of rotatable bonds is 4. The van der Waals surface area contributed by atoms with Crippen molar-refractivity contribution in [1.82, 2.24) is 4.57 Å². The summed E-state index contributed by atoms with van der Waals surface area (Å²) in [6.07, 6.45) is 2.93. The Labute approximate surface area is 166 Å². The molecule has 0 radical (unpaired) electrons. The Balaban J connectivity index is 2.07. The lowest BCUT2D eigenvalue weighted by atomic mass is 10.1. The molecule has 1 N–H and O–H groups in total. The minimum atomic E-state index is -0.537. The first-order chi connectivity index (χ1) is 12.9. The van der Waals surface area contributed by atoms with E-state index in [9.17, 15) is 15.2 Å². The predicted octanol–water partition coefficient (Wildman–Crippen LogP) is 3.97. The van der Waals surface area contributed by atoms with Gasteiger partial charge in [0.1, 0.15) is 11.6 Å². The molecule has 1 aromatic heterocycles. The monoisotopic (exact) mass is 405 g/mol. The fourth-order valence-corrected chi connectivity index (χ4v) is 3.46. The van der Waals surface area contributed by atoms with Gasteiger partial charge in [-0.1, -0.05) is 23.2 Å². The molecule has 0 bridgehead atoms. The maximum atomic E-state index is 12.6. The summed E-state index contributed by atoms with van der Waals surface area (Å²) in [6.45, 7) is 2.41. The molecule has 1 atom stereocenters. The second-order valence-corrected chi connectivity index (χ2v) is 7.10. The van der Waals surface area contributed by atoms with Gasteiger partial charge in [0.05, 0.1) is 28.9 Å². The summed E-state index contributed by atoms with van der Waals surface area (Å²) in [5.41, 5.74) is 0.530. The summed E-state index contributed by atoms with van der Waals surface area (Å²) < 4.78 is 6.72. The van der Waals surface area contributed by atoms with Gasteiger partial charge in [0.15, 0.2) is 0 Å². The molecule has 3 rings (SSSR count). The molecule has 2 aromatic rings. The lowest BCUT2D eigenvalue weighted by molar-refractivity contribution is 0.0938. The first-order valence-corrected chi connectivity index (χ1v) is 9.15. The third-order valence-electron chi connectivity index (χ3n) is 4.50. The van der Waals surface area contributed by atoms with E-state index in [1.165, 1.54) is 10.8 Å². The van der Waals surface area contributed by atoms with Gasteiger partial charge in [-0.2, -0.15) is 5.26 Å². The minimum absolute atomic E-state index is 0.0329. The van der Waals surface area contributed by atoms with Crippen LogP contribution in [0.2, 0.25) is 10.0 Å². The van der Waals surface area contributed by atoms with Crippen LogP contribution in [0.3, 0.4) is 0 Å². The van der Waals surface area contributed by atoms with Gasteiger partial charge in [-0.3, -0.25) is 14.4 Å². The number of aromatic hydroxyl groups is 1. The lowest BCUT2D eigenvalue weighted by Crippen LogP contribution is -2.29. The third kappa shape index (κ3) is 4.01. The number of ether oxygens (including phenoxy) is 1. The van der Waals surface area contributed by atoms with Crippen molar-refractivity contribution in [3.63, 3.8) is 0 Å². The second-order valence-electron chi connectivity index (χ2n) is 6.25. The van der Waals surface area contributed by atoms with Crippen molar-refractivity contribution in [2.75, 3.05) is 6.61 Å².